The Morgan fingerprint density at radius 1 is 0.963 bits per heavy atom. The lowest BCUT2D eigenvalue weighted by Crippen LogP contribution is -2.19. The number of hydrazone groups is 1. The average molecular weight is 362 g/mol. The third-order valence-corrected chi connectivity index (χ3v) is 3.79. The third-order valence-electron chi connectivity index (χ3n) is 3.79. The van der Waals surface area contributed by atoms with Crippen molar-refractivity contribution in [1.29, 1.82) is 0 Å². The number of halogens is 1. The number of carbonyl (C=O) groups is 1. The van der Waals surface area contributed by atoms with Gasteiger partial charge in [-0.25, -0.2) is 9.82 Å². The molecule has 0 saturated carbocycles. The highest BCUT2D eigenvalue weighted by atomic mass is 19.1. The molecule has 136 valence electrons. The summed E-state index contributed by atoms with van der Waals surface area (Å²) in [4.78, 5) is 11.9. The van der Waals surface area contributed by atoms with Gasteiger partial charge in [-0.2, -0.15) is 5.10 Å². The van der Waals surface area contributed by atoms with Gasteiger partial charge in [-0.3, -0.25) is 4.79 Å². The van der Waals surface area contributed by atoms with Crippen LogP contribution < -0.4 is 10.2 Å². The lowest BCUT2D eigenvalue weighted by molar-refractivity contribution is -0.120. The van der Waals surface area contributed by atoms with Crippen LogP contribution in [0.25, 0.3) is 0 Å². The highest BCUT2D eigenvalue weighted by Gasteiger charge is 2.02. The van der Waals surface area contributed by atoms with Crippen molar-refractivity contribution in [3.8, 4) is 5.75 Å². The molecule has 0 spiro atoms. The van der Waals surface area contributed by atoms with Gasteiger partial charge in [-0.15, -0.1) is 0 Å². The van der Waals surface area contributed by atoms with E-state index < -0.39 is 0 Å². The Morgan fingerprint density at radius 3 is 2.52 bits per heavy atom. The normalized spacial score (nSPS) is 10.7. The van der Waals surface area contributed by atoms with E-state index in [0.29, 0.717) is 6.61 Å². The van der Waals surface area contributed by atoms with Crippen molar-refractivity contribution in [3.63, 3.8) is 0 Å². The highest BCUT2D eigenvalue weighted by Crippen LogP contribution is 2.14. The molecule has 1 amide bonds. The standard InChI is InChI=1S/C22H19FN2O2/c23-20-11-9-17(10-12-20)14-22(26)25-24-15-19-7-4-8-21(13-19)27-16-18-5-2-1-3-6-18/h1-13,15H,14,16H2,(H,25,26)/b24-15+. The summed E-state index contributed by atoms with van der Waals surface area (Å²) >= 11 is 0. The fraction of sp³-hybridized carbons (Fsp3) is 0.0909. The number of hydrogen-bond acceptors (Lipinski definition) is 3. The van der Waals surface area contributed by atoms with Crippen LogP contribution in [0.4, 0.5) is 4.39 Å². The molecule has 0 aliphatic heterocycles. The molecule has 1 N–H and O–H groups in total. The van der Waals surface area contributed by atoms with Crippen LogP contribution in [0.15, 0.2) is 84.0 Å². The zero-order valence-electron chi connectivity index (χ0n) is 14.6. The van der Waals surface area contributed by atoms with E-state index >= 15 is 0 Å². The lowest BCUT2D eigenvalue weighted by atomic mass is 10.1. The first-order valence-electron chi connectivity index (χ1n) is 8.52. The van der Waals surface area contributed by atoms with Gasteiger partial charge in [0, 0.05) is 0 Å². The monoisotopic (exact) mass is 362 g/mol. The third kappa shape index (κ3) is 6.08. The zero-order valence-corrected chi connectivity index (χ0v) is 14.6. The van der Waals surface area contributed by atoms with Gasteiger partial charge in [0.05, 0.1) is 12.6 Å². The van der Waals surface area contributed by atoms with Crippen molar-refractivity contribution in [2.75, 3.05) is 0 Å². The van der Waals surface area contributed by atoms with Crippen molar-refractivity contribution in [1.82, 2.24) is 5.43 Å². The summed E-state index contributed by atoms with van der Waals surface area (Å²) in [5, 5.41) is 3.96. The SMILES string of the molecule is O=C(Cc1ccc(F)cc1)N/N=C/c1cccc(OCc2ccccc2)c1. The van der Waals surface area contributed by atoms with Gasteiger partial charge in [0.1, 0.15) is 18.2 Å². The second-order valence-electron chi connectivity index (χ2n) is 5.94. The zero-order chi connectivity index (χ0) is 18.9. The van der Waals surface area contributed by atoms with E-state index in [1.807, 2.05) is 54.6 Å². The first kappa shape index (κ1) is 18.3. The summed E-state index contributed by atoms with van der Waals surface area (Å²) in [6.45, 7) is 0.482. The maximum absolute atomic E-state index is 12.9. The first-order chi connectivity index (χ1) is 13.2. The van der Waals surface area contributed by atoms with Crippen molar-refractivity contribution < 1.29 is 13.9 Å². The molecule has 0 bridgehead atoms. The Hall–Kier alpha value is -3.47. The maximum atomic E-state index is 12.9. The number of carbonyl (C=O) groups excluding carboxylic acids is 1. The minimum atomic E-state index is -0.327. The van der Waals surface area contributed by atoms with Gasteiger partial charge >= 0.3 is 0 Å². The molecular weight excluding hydrogens is 343 g/mol. The molecule has 3 rings (SSSR count). The van der Waals surface area contributed by atoms with Gasteiger partial charge in [0.15, 0.2) is 0 Å². The molecule has 27 heavy (non-hydrogen) atoms. The number of amides is 1. The molecule has 3 aromatic carbocycles. The second kappa shape index (κ2) is 9.29. The van der Waals surface area contributed by atoms with Crippen LogP contribution in [0.1, 0.15) is 16.7 Å². The summed E-state index contributed by atoms with van der Waals surface area (Å²) in [6, 6.07) is 23.2. The molecule has 0 unspecified atom stereocenters. The van der Waals surface area contributed by atoms with Crippen LogP contribution in [-0.2, 0) is 17.8 Å². The first-order valence-corrected chi connectivity index (χ1v) is 8.52. The summed E-state index contributed by atoms with van der Waals surface area (Å²) in [6.07, 6.45) is 1.69. The lowest BCUT2D eigenvalue weighted by Gasteiger charge is -2.06. The van der Waals surface area contributed by atoms with Crippen molar-refractivity contribution in [2.24, 2.45) is 5.10 Å². The van der Waals surface area contributed by atoms with Crippen LogP contribution in [0.5, 0.6) is 5.75 Å². The second-order valence-corrected chi connectivity index (χ2v) is 5.94. The molecule has 0 aliphatic carbocycles. The number of nitrogens with zero attached hydrogens (tertiary/aromatic N) is 1. The van der Waals surface area contributed by atoms with Crippen LogP contribution in [0.3, 0.4) is 0 Å². The molecule has 0 saturated heterocycles. The molecule has 0 radical (unpaired) electrons. The fourth-order valence-corrected chi connectivity index (χ4v) is 2.43. The van der Waals surface area contributed by atoms with Crippen molar-refractivity contribution in [3.05, 3.63) is 101 Å². The number of hydrogen-bond donors (Lipinski definition) is 1. The minimum Gasteiger partial charge on any atom is -0.489 e. The van der Waals surface area contributed by atoms with E-state index in [0.717, 1.165) is 22.4 Å². The topological polar surface area (TPSA) is 50.7 Å². The quantitative estimate of drug-likeness (QED) is 0.508. The summed E-state index contributed by atoms with van der Waals surface area (Å²) in [5.74, 6) is 0.126. The minimum absolute atomic E-state index is 0.137. The molecule has 5 heteroatoms. The Morgan fingerprint density at radius 2 is 1.74 bits per heavy atom. The molecule has 0 aromatic heterocycles. The number of nitrogens with one attached hydrogen (secondary N) is 1. The van der Waals surface area contributed by atoms with Gasteiger partial charge < -0.3 is 4.74 Å². The van der Waals surface area contributed by atoms with Gasteiger partial charge in [0.25, 0.3) is 0 Å². The molecule has 0 atom stereocenters. The van der Waals surface area contributed by atoms with Crippen LogP contribution in [-0.4, -0.2) is 12.1 Å². The van der Waals surface area contributed by atoms with E-state index in [1.165, 1.54) is 12.1 Å². The number of rotatable bonds is 7. The van der Waals surface area contributed by atoms with Gasteiger partial charge in [-0.1, -0.05) is 54.6 Å². The van der Waals surface area contributed by atoms with Crippen LogP contribution in [0, 0.1) is 5.82 Å². The molecule has 4 nitrogen and oxygen atoms in total. The van der Waals surface area contributed by atoms with Crippen molar-refractivity contribution in [2.45, 2.75) is 13.0 Å². The summed E-state index contributed by atoms with van der Waals surface area (Å²) < 4.78 is 18.6. The highest BCUT2D eigenvalue weighted by molar-refractivity contribution is 5.83. The Bertz CT molecular complexity index is 909. The van der Waals surface area contributed by atoms with Crippen LogP contribution >= 0.6 is 0 Å². The van der Waals surface area contributed by atoms with Gasteiger partial charge in [-0.05, 0) is 41.0 Å². The van der Waals surface area contributed by atoms with E-state index in [2.05, 4.69) is 10.5 Å². The number of benzene rings is 3. The molecule has 3 aromatic rings. The fourth-order valence-electron chi connectivity index (χ4n) is 2.43. The summed E-state index contributed by atoms with van der Waals surface area (Å²) in [5.41, 5.74) is 5.09. The molecule has 0 heterocycles. The largest absolute Gasteiger partial charge is 0.489 e. The van der Waals surface area contributed by atoms with Crippen molar-refractivity contribution >= 4 is 12.1 Å². The van der Waals surface area contributed by atoms with E-state index in [4.69, 9.17) is 4.74 Å². The molecule has 0 fully saturated rings. The molecule has 0 aliphatic rings. The Kier molecular flexibility index (Phi) is 6.30. The predicted octanol–water partition coefficient (Wildman–Crippen LogP) is 4.10. The Balaban J connectivity index is 1.51. The number of ether oxygens (including phenoxy) is 1. The van der Waals surface area contributed by atoms with Gasteiger partial charge in [0.2, 0.25) is 5.91 Å². The summed E-state index contributed by atoms with van der Waals surface area (Å²) in [7, 11) is 0. The molecular formula is C22H19FN2O2. The predicted molar refractivity (Wildman–Crippen MR) is 103 cm³/mol. The van der Waals surface area contributed by atoms with Crippen LogP contribution in [0.2, 0.25) is 0 Å². The Labute approximate surface area is 157 Å². The van der Waals surface area contributed by atoms with E-state index in [-0.39, 0.29) is 18.1 Å². The van der Waals surface area contributed by atoms with E-state index in [1.54, 1.807) is 18.3 Å². The maximum Gasteiger partial charge on any atom is 0.244 e. The average Bonchev–Trinajstić information content (AvgIpc) is 2.69. The smallest absolute Gasteiger partial charge is 0.244 e. The van der Waals surface area contributed by atoms with E-state index in [9.17, 15) is 9.18 Å².